The van der Waals surface area contributed by atoms with Crippen LogP contribution in [0.15, 0.2) is 28.7 Å². The fraction of sp³-hybridized carbons (Fsp3) is 0.182. The highest BCUT2D eigenvalue weighted by Crippen LogP contribution is 2.24. The first kappa shape index (κ1) is 9.58. The van der Waals surface area contributed by atoms with E-state index in [0.29, 0.717) is 17.1 Å². The topological polar surface area (TPSA) is 59.7 Å². The second kappa shape index (κ2) is 3.65. The van der Waals surface area contributed by atoms with Gasteiger partial charge in [-0.25, -0.2) is 0 Å². The summed E-state index contributed by atoms with van der Waals surface area (Å²) in [6.45, 7) is 0. The number of fused-ring (bicyclic) bond motifs is 1. The van der Waals surface area contributed by atoms with Gasteiger partial charge in [0.2, 0.25) is 0 Å². The van der Waals surface area contributed by atoms with Crippen LogP contribution < -0.4 is 4.74 Å². The number of hydrogen-bond acceptors (Lipinski definition) is 3. The molecule has 1 heterocycles. The highest BCUT2D eigenvalue weighted by Gasteiger charge is 2.07. The molecule has 0 fully saturated rings. The number of furan rings is 1. The fourth-order valence-corrected chi connectivity index (χ4v) is 1.43. The number of carbonyl (C=O) groups is 1. The summed E-state index contributed by atoms with van der Waals surface area (Å²) in [5.41, 5.74) is 0.644. The molecule has 0 aliphatic carbocycles. The molecular weight excluding hydrogens is 196 g/mol. The number of aliphatic carboxylic acids is 1. The van der Waals surface area contributed by atoms with Gasteiger partial charge in [0.1, 0.15) is 23.5 Å². The molecule has 1 aromatic carbocycles. The van der Waals surface area contributed by atoms with E-state index >= 15 is 0 Å². The van der Waals surface area contributed by atoms with Gasteiger partial charge in [0, 0.05) is 11.5 Å². The smallest absolute Gasteiger partial charge is 0.311 e. The van der Waals surface area contributed by atoms with Crippen LogP contribution in [0.5, 0.6) is 5.75 Å². The van der Waals surface area contributed by atoms with Gasteiger partial charge in [0.15, 0.2) is 0 Å². The lowest BCUT2D eigenvalue weighted by Crippen LogP contribution is -1.97. The van der Waals surface area contributed by atoms with E-state index in [1.807, 2.05) is 12.1 Å². The SMILES string of the molecule is COc1ccc2cc(CC(=O)O)oc2c1. The predicted octanol–water partition coefficient (Wildman–Crippen LogP) is 2.07. The number of methoxy groups -OCH3 is 1. The second-order valence-electron chi connectivity index (χ2n) is 3.19. The van der Waals surface area contributed by atoms with E-state index < -0.39 is 5.97 Å². The molecule has 0 radical (unpaired) electrons. The summed E-state index contributed by atoms with van der Waals surface area (Å²) in [7, 11) is 1.57. The van der Waals surface area contributed by atoms with E-state index in [2.05, 4.69) is 0 Å². The summed E-state index contributed by atoms with van der Waals surface area (Å²) in [4.78, 5) is 10.5. The average Bonchev–Trinajstić information content (AvgIpc) is 2.57. The summed E-state index contributed by atoms with van der Waals surface area (Å²) in [5.74, 6) is 0.241. The normalized spacial score (nSPS) is 10.5. The van der Waals surface area contributed by atoms with Crippen molar-refractivity contribution in [2.75, 3.05) is 7.11 Å². The Bertz CT molecular complexity index is 498. The number of carboxylic acids is 1. The van der Waals surface area contributed by atoms with Gasteiger partial charge < -0.3 is 14.3 Å². The Morgan fingerprint density at radius 1 is 1.47 bits per heavy atom. The summed E-state index contributed by atoms with van der Waals surface area (Å²) in [6.07, 6.45) is -0.100. The summed E-state index contributed by atoms with van der Waals surface area (Å²) < 4.78 is 10.4. The van der Waals surface area contributed by atoms with Crippen LogP contribution in [0.4, 0.5) is 0 Å². The third-order valence-corrected chi connectivity index (χ3v) is 2.10. The Morgan fingerprint density at radius 3 is 2.93 bits per heavy atom. The van der Waals surface area contributed by atoms with E-state index in [1.54, 1.807) is 19.2 Å². The lowest BCUT2D eigenvalue weighted by molar-refractivity contribution is -0.136. The highest BCUT2D eigenvalue weighted by atomic mass is 16.5. The van der Waals surface area contributed by atoms with E-state index in [4.69, 9.17) is 14.3 Å². The molecule has 0 aliphatic rings. The zero-order valence-corrected chi connectivity index (χ0v) is 8.19. The van der Waals surface area contributed by atoms with Crippen LogP contribution in [0.2, 0.25) is 0 Å². The van der Waals surface area contributed by atoms with Gasteiger partial charge in [-0.1, -0.05) is 0 Å². The van der Waals surface area contributed by atoms with Crippen molar-refractivity contribution >= 4 is 16.9 Å². The molecular formula is C11H10O4. The summed E-state index contributed by atoms with van der Waals surface area (Å²) in [6, 6.07) is 7.11. The highest BCUT2D eigenvalue weighted by molar-refractivity contribution is 5.81. The number of carboxylic acid groups (broad SMARTS) is 1. The third kappa shape index (κ3) is 1.93. The van der Waals surface area contributed by atoms with Crippen molar-refractivity contribution < 1.29 is 19.1 Å². The molecule has 78 valence electrons. The van der Waals surface area contributed by atoms with Crippen LogP contribution >= 0.6 is 0 Å². The minimum absolute atomic E-state index is 0.100. The molecule has 0 saturated carbocycles. The molecule has 4 nitrogen and oxygen atoms in total. The van der Waals surface area contributed by atoms with Crippen molar-refractivity contribution in [1.82, 2.24) is 0 Å². The Balaban J connectivity index is 2.42. The van der Waals surface area contributed by atoms with E-state index in [-0.39, 0.29) is 6.42 Å². The lowest BCUT2D eigenvalue weighted by atomic mass is 10.2. The van der Waals surface area contributed by atoms with Crippen LogP contribution in [-0.4, -0.2) is 18.2 Å². The molecule has 0 bridgehead atoms. The van der Waals surface area contributed by atoms with Crippen LogP contribution in [-0.2, 0) is 11.2 Å². The van der Waals surface area contributed by atoms with E-state index in [0.717, 1.165) is 5.39 Å². The quantitative estimate of drug-likeness (QED) is 0.835. The van der Waals surface area contributed by atoms with Crippen LogP contribution in [0.3, 0.4) is 0 Å². The molecule has 4 heteroatoms. The van der Waals surface area contributed by atoms with Gasteiger partial charge in [0.05, 0.1) is 7.11 Å². The average molecular weight is 206 g/mol. The first-order valence-electron chi connectivity index (χ1n) is 4.47. The Hall–Kier alpha value is -1.97. The molecule has 0 aliphatic heterocycles. The Morgan fingerprint density at radius 2 is 2.27 bits per heavy atom. The number of hydrogen-bond donors (Lipinski definition) is 1. The summed E-state index contributed by atoms with van der Waals surface area (Å²) in [5, 5.41) is 9.49. The molecule has 0 unspecified atom stereocenters. The molecule has 0 saturated heterocycles. The van der Waals surface area contributed by atoms with Crippen molar-refractivity contribution in [2.24, 2.45) is 0 Å². The molecule has 1 N–H and O–H groups in total. The van der Waals surface area contributed by atoms with Crippen molar-refractivity contribution in [1.29, 1.82) is 0 Å². The van der Waals surface area contributed by atoms with Gasteiger partial charge in [-0.3, -0.25) is 4.79 Å². The molecule has 2 aromatic rings. The second-order valence-corrected chi connectivity index (χ2v) is 3.19. The summed E-state index contributed by atoms with van der Waals surface area (Å²) >= 11 is 0. The largest absolute Gasteiger partial charge is 0.497 e. The molecule has 0 atom stereocenters. The van der Waals surface area contributed by atoms with E-state index in [9.17, 15) is 4.79 Å². The van der Waals surface area contributed by atoms with Crippen LogP contribution in [0, 0.1) is 0 Å². The Kier molecular flexibility index (Phi) is 2.33. The molecule has 1 aromatic heterocycles. The third-order valence-electron chi connectivity index (χ3n) is 2.10. The van der Waals surface area contributed by atoms with Gasteiger partial charge in [-0.2, -0.15) is 0 Å². The molecule has 2 rings (SSSR count). The first-order valence-corrected chi connectivity index (χ1v) is 4.47. The minimum Gasteiger partial charge on any atom is -0.497 e. The first-order chi connectivity index (χ1) is 7.19. The Labute approximate surface area is 86.1 Å². The van der Waals surface area contributed by atoms with Crippen molar-refractivity contribution in [2.45, 2.75) is 6.42 Å². The monoisotopic (exact) mass is 206 g/mol. The zero-order valence-electron chi connectivity index (χ0n) is 8.19. The van der Waals surface area contributed by atoms with Crippen LogP contribution in [0.25, 0.3) is 11.0 Å². The van der Waals surface area contributed by atoms with Gasteiger partial charge in [-0.15, -0.1) is 0 Å². The standard InChI is InChI=1S/C11H10O4/c1-14-8-3-2-7-4-9(6-11(12)13)15-10(7)5-8/h2-5H,6H2,1H3,(H,12,13). The number of rotatable bonds is 3. The minimum atomic E-state index is -0.902. The number of benzene rings is 1. The molecule has 15 heavy (non-hydrogen) atoms. The maximum Gasteiger partial charge on any atom is 0.311 e. The number of ether oxygens (including phenoxy) is 1. The molecule has 0 spiro atoms. The van der Waals surface area contributed by atoms with Crippen molar-refractivity contribution in [3.05, 3.63) is 30.0 Å². The fourth-order valence-electron chi connectivity index (χ4n) is 1.43. The maximum atomic E-state index is 10.5. The maximum absolute atomic E-state index is 10.5. The van der Waals surface area contributed by atoms with Crippen LogP contribution in [0.1, 0.15) is 5.76 Å². The van der Waals surface area contributed by atoms with Gasteiger partial charge >= 0.3 is 5.97 Å². The van der Waals surface area contributed by atoms with Gasteiger partial charge in [-0.05, 0) is 18.2 Å². The predicted molar refractivity (Wildman–Crippen MR) is 54.1 cm³/mol. The zero-order chi connectivity index (χ0) is 10.8. The van der Waals surface area contributed by atoms with Gasteiger partial charge in [0.25, 0.3) is 0 Å². The van der Waals surface area contributed by atoms with Crippen molar-refractivity contribution in [3.63, 3.8) is 0 Å². The molecule has 0 amide bonds. The lowest BCUT2D eigenvalue weighted by Gasteiger charge is -1.96. The van der Waals surface area contributed by atoms with E-state index in [1.165, 1.54) is 0 Å². The van der Waals surface area contributed by atoms with Crippen molar-refractivity contribution in [3.8, 4) is 5.75 Å².